The fourth-order valence-electron chi connectivity index (χ4n) is 1.17. The monoisotopic (exact) mass is 203 g/mol. The molecule has 0 atom stereocenters. The quantitative estimate of drug-likeness (QED) is 0.702. The first-order valence-corrected chi connectivity index (χ1v) is 5.15. The van der Waals surface area contributed by atoms with E-state index in [1.165, 1.54) is 16.9 Å². The lowest BCUT2D eigenvalue weighted by molar-refractivity contribution is 0.111. The van der Waals surface area contributed by atoms with Crippen LogP contribution in [0.3, 0.4) is 0 Å². The van der Waals surface area contributed by atoms with Gasteiger partial charge in [-0.1, -0.05) is 29.8 Å². The molecule has 0 unspecified atom stereocenters. The SMILES string of the molecule is Cc1ccc(-c2nc(C=O)cs2)cc1. The van der Waals surface area contributed by atoms with Gasteiger partial charge in [0.2, 0.25) is 0 Å². The van der Waals surface area contributed by atoms with Gasteiger partial charge in [0.1, 0.15) is 10.7 Å². The molecule has 0 saturated heterocycles. The minimum atomic E-state index is 0.505. The summed E-state index contributed by atoms with van der Waals surface area (Å²) in [6.07, 6.45) is 0.772. The van der Waals surface area contributed by atoms with E-state index in [0.717, 1.165) is 16.9 Å². The minimum Gasteiger partial charge on any atom is -0.296 e. The van der Waals surface area contributed by atoms with Crippen molar-refractivity contribution in [2.24, 2.45) is 0 Å². The predicted octanol–water partition coefficient (Wildman–Crippen LogP) is 2.93. The van der Waals surface area contributed by atoms with Crippen LogP contribution >= 0.6 is 11.3 Å². The third-order valence-corrected chi connectivity index (χ3v) is 2.85. The van der Waals surface area contributed by atoms with Gasteiger partial charge in [-0.2, -0.15) is 0 Å². The molecule has 0 aliphatic carbocycles. The van der Waals surface area contributed by atoms with E-state index in [1.54, 1.807) is 5.38 Å². The summed E-state index contributed by atoms with van der Waals surface area (Å²) in [5, 5.41) is 2.66. The number of aromatic nitrogens is 1. The lowest BCUT2D eigenvalue weighted by Crippen LogP contribution is -1.80. The van der Waals surface area contributed by atoms with Crippen LogP contribution in [-0.2, 0) is 0 Å². The highest BCUT2D eigenvalue weighted by atomic mass is 32.1. The summed E-state index contributed by atoms with van der Waals surface area (Å²) in [7, 11) is 0. The van der Waals surface area contributed by atoms with Crippen molar-refractivity contribution in [3.05, 3.63) is 40.9 Å². The number of aldehydes is 1. The average molecular weight is 203 g/mol. The van der Waals surface area contributed by atoms with Crippen LogP contribution in [-0.4, -0.2) is 11.3 Å². The van der Waals surface area contributed by atoms with Crippen molar-refractivity contribution >= 4 is 17.6 Å². The number of nitrogens with zero attached hydrogens (tertiary/aromatic N) is 1. The largest absolute Gasteiger partial charge is 0.296 e. The average Bonchev–Trinajstić information content (AvgIpc) is 2.67. The molecule has 0 spiro atoms. The minimum absolute atomic E-state index is 0.505. The number of carbonyl (C=O) groups is 1. The highest BCUT2D eigenvalue weighted by molar-refractivity contribution is 7.13. The molecule has 0 N–H and O–H groups in total. The number of carbonyl (C=O) groups excluding carboxylic acids is 1. The molecule has 0 saturated carbocycles. The molecule has 1 heterocycles. The Bertz CT molecular complexity index is 445. The van der Waals surface area contributed by atoms with Gasteiger partial charge < -0.3 is 0 Å². The van der Waals surface area contributed by atoms with Crippen LogP contribution in [0.25, 0.3) is 10.6 Å². The maximum absolute atomic E-state index is 10.4. The van der Waals surface area contributed by atoms with E-state index >= 15 is 0 Å². The summed E-state index contributed by atoms with van der Waals surface area (Å²) < 4.78 is 0. The van der Waals surface area contributed by atoms with Crippen LogP contribution in [0.2, 0.25) is 0 Å². The Morgan fingerprint density at radius 2 is 2.00 bits per heavy atom. The smallest absolute Gasteiger partial charge is 0.169 e. The zero-order valence-corrected chi connectivity index (χ0v) is 8.54. The third-order valence-electron chi connectivity index (χ3n) is 1.94. The molecule has 0 fully saturated rings. The Hall–Kier alpha value is -1.48. The van der Waals surface area contributed by atoms with E-state index in [-0.39, 0.29) is 0 Å². The fourth-order valence-corrected chi connectivity index (χ4v) is 1.94. The molecule has 1 aromatic heterocycles. The lowest BCUT2D eigenvalue weighted by Gasteiger charge is -1.95. The highest BCUT2D eigenvalue weighted by Gasteiger charge is 2.02. The zero-order chi connectivity index (χ0) is 9.97. The summed E-state index contributed by atoms with van der Waals surface area (Å²) in [4.78, 5) is 14.6. The standard InChI is InChI=1S/C11H9NOS/c1-8-2-4-9(5-3-8)11-12-10(6-13)7-14-11/h2-7H,1H3. The molecule has 0 amide bonds. The molecule has 14 heavy (non-hydrogen) atoms. The molecule has 2 aromatic rings. The van der Waals surface area contributed by atoms with Crippen LogP contribution in [0, 0.1) is 6.92 Å². The Labute approximate surface area is 86.2 Å². The van der Waals surface area contributed by atoms with E-state index in [2.05, 4.69) is 4.98 Å². The second-order valence-corrected chi connectivity index (χ2v) is 3.92. The summed E-state index contributed by atoms with van der Waals surface area (Å²) in [6, 6.07) is 8.11. The van der Waals surface area contributed by atoms with Crippen molar-refractivity contribution in [3.8, 4) is 10.6 Å². The molecule has 0 aliphatic rings. The Balaban J connectivity index is 2.39. The van der Waals surface area contributed by atoms with Crippen LogP contribution < -0.4 is 0 Å². The second kappa shape index (κ2) is 3.72. The molecule has 70 valence electrons. The normalized spacial score (nSPS) is 10.1. The second-order valence-electron chi connectivity index (χ2n) is 3.06. The van der Waals surface area contributed by atoms with Crippen LogP contribution in [0.1, 0.15) is 16.1 Å². The van der Waals surface area contributed by atoms with Crippen molar-refractivity contribution in [2.45, 2.75) is 6.92 Å². The van der Waals surface area contributed by atoms with Crippen LogP contribution in [0.5, 0.6) is 0 Å². The van der Waals surface area contributed by atoms with Gasteiger partial charge in [-0.15, -0.1) is 11.3 Å². The van der Waals surface area contributed by atoms with Gasteiger partial charge in [-0.25, -0.2) is 4.98 Å². The van der Waals surface area contributed by atoms with Gasteiger partial charge in [0.15, 0.2) is 6.29 Å². The molecule has 2 rings (SSSR count). The van der Waals surface area contributed by atoms with Crippen LogP contribution in [0.15, 0.2) is 29.6 Å². The van der Waals surface area contributed by atoms with Crippen molar-refractivity contribution in [1.82, 2.24) is 4.98 Å². The summed E-state index contributed by atoms with van der Waals surface area (Å²) in [5.74, 6) is 0. The number of benzene rings is 1. The number of aryl methyl sites for hydroxylation is 1. The van der Waals surface area contributed by atoms with E-state index in [1.807, 2.05) is 31.2 Å². The maximum atomic E-state index is 10.4. The highest BCUT2D eigenvalue weighted by Crippen LogP contribution is 2.23. The molecule has 3 heteroatoms. The van der Waals surface area contributed by atoms with E-state index < -0.39 is 0 Å². The first kappa shape index (κ1) is 9.09. The van der Waals surface area contributed by atoms with Gasteiger partial charge in [0.05, 0.1) is 0 Å². The summed E-state index contributed by atoms with van der Waals surface area (Å²) in [6.45, 7) is 2.04. The first-order chi connectivity index (χ1) is 6.79. The van der Waals surface area contributed by atoms with Crippen LogP contribution in [0.4, 0.5) is 0 Å². The van der Waals surface area contributed by atoms with Crippen molar-refractivity contribution in [2.75, 3.05) is 0 Å². The molecular weight excluding hydrogens is 194 g/mol. The van der Waals surface area contributed by atoms with Crippen molar-refractivity contribution < 1.29 is 4.79 Å². The predicted molar refractivity (Wildman–Crippen MR) is 57.7 cm³/mol. The number of hydrogen-bond acceptors (Lipinski definition) is 3. The maximum Gasteiger partial charge on any atom is 0.169 e. The molecule has 0 radical (unpaired) electrons. The van der Waals surface area contributed by atoms with Gasteiger partial charge in [0.25, 0.3) is 0 Å². The lowest BCUT2D eigenvalue weighted by atomic mass is 10.2. The van der Waals surface area contributed by atoms with Gasteiger partial charge in [-0.3, -0.25) is 4.79 Å². The first-order valence-electron chi connectivity index (χ1n) is 4.27. The summed E-state index contributed by atoms with van der Waals surface area (Å²) in [5.41, 5.74) is 2.79. The summed E-state index contributed by atoms with van der Waals surface area (Å²) >= 11 is 1.49. The zero-order valence-electron chi connectivity index (χ0n) is 7.73. The number of hydrogen-bond donors (Lipinski definition) is 0. The van der Waals surface area contributed by atoms with Crippen molar-refractivity contribution in [3.63, 3.8) is 0 Å². The van der Waals surface area contributed by atoms with E-state index in [0.29, 0.717) is 5.69 Å². The Kier molecular flexibility index (Phi) is 2.41. The Morgan fingerprint density at radius 1 is 1.29 bits per heavy atom. The number of rotatable bonds is 2. The number of thiazole rings is 1. The van der Waals surface area contributed by atoms with Gasteiger partial charge >= 0.3 is 0 Å². The van der Waals surface area contributed by atoms with Crippen molar-refractivity contribution in [1.29, 1.82) is 0 Å². The Morgan fingerprint density at radius 3 is 2.57 bits per heavy atom. The molecular formula is C11H9NOS. The van der Waals surface area contributed by atoms with E-state index in [4.69, 9.17) is 0 Å². The van der Waals surface area contributed by atoms with Gasteiger partial charge in [0, 0.05) is 10.9 Å². The fraction of sp³-hybridized carbons (Fsp3) is 0.0909. The molecule has 2 nitrogen and oxygen atoms in total. The van der Waals surface area contributed by atoms with Gasteiger partial charge in [-0.05, 0) is 6.92 Å². The molecule has 0 bridgehead atoms. The molecule has 1 aromatic carbocycles. The third kappa shape index (κ3) is 1.72. The van der Waals surface area contributed by atoms with E-state index in [9.17, 15) is 4.79 Å². The topological polar surface area (TPSA) is 30.0 Å². The molecule has 0 aliphatic heterocycles.